The first-order chi connectivity index (χ1) is 70.3. The van der Waals surface area contributed by atoms with E-state index in [4.69, 9.17) is 84.8 Å². The number of aliphatic hydroxyl groups excluding tert-OH is 3. The highest BCUT2D eigenvalue weighted by Gasteiger charge is 2.40. The van der Waals surface area contributed by atoms with E-state index in [0.29, 0.717) is 135 Å². The normalized spacial score (nSPS) is 14.8. The van der Waals surface area contributed by atoms with Gasteiger partial charge in [-0.2, -0.15) is 0 Å². The van der Waals surface area contributed by atoms with Crippen molar-refractivity contribution in [2.75, 3.05) is 72.1 Å². The second-order valence-electron chi connectivity index (χ2n) is 34.9. The van der Waals surface area contributed by atoms with Gasteiger partial charge in [0.05, 0.1) is 57.1 Å². The molecule has 61 nitrogen and oxygen atoms in total. The van der Waals surface area contributed by atoms with Crippen LogP contribution in [0.3, 0.4) is 0 Å². The van der Waals surface area contributed by atoms with Crippen molar-refractivity contribution in [1.82, 2.24) is 79.8 Å². The molecule has 0 aliphatic carbocycles. The third kappa shape index (κ3) is 64.3. The molecule has 19 unspecified atom stereocenters. The second-order valence-corrected chi connectivity index (χ2v) is 34.9. The van der Waals surface area contributed by atoms with Crippen LogP contribution in [0.25, 0.3) is 0 Å². The average Bonchev–Trinajstić information content (AvgIpc) is 0.854. The number of nitrogens with two attached hydrogens (primary N) is 13. The Morgan fingerprint density at radius 2 is 0.430 bits per heavy atom. The molecule has 0 bridgehead atoms. The molecule has 0 rings (SSSR count). The largest absolute Gasteiger partial charge is 0.481 e. The van der Waals surface area contributed by atoms with E-state index < -0.39 is 296 Å². The highest BCUT2D eigenvalue weighted by Crippen LogP contribution is 2.15. The van der Waals surface area contributed by atoms with Gasteiger partial charge in [-0.05, 0) is 240 Å². The van der Waals surface area contributed by atoms with E-state index in [1.807, 2.05) is 5.32 Å². The number of carboxylic acids is 7. The summed E-state index contributed by atoms with van der Waals surface area (Å²) in [6.45, 7) is 3.57. The van der Waals surface area contributed by atoms with Gasteiger partial charge in [0.25, 0.3) is 0 Å². The summed E-state index contributed by atoms with van der Waals surface area (Å²) in [5.74, 6) is -25.2. The summed E-state index contributed by atoms with van der Waals surface area (Å²) in [7, 11) is 0. The lowest BCUT2D eigenvalue weighted by Crippen LogP contribution is -2.61. The van der Waals surface area contributed by atoms with Gasteiger partial charge in [-0.25, -0.2) is 14.4 Å². The highest BCUT2D eigenvalue weighted by molar-refractivity contribution is 6.01. The van der Waals surface area contributed by atoms with Crippen LogP contribution in [0, 0.1) is 0 Å². The Bertz CT molecular complexity index is 4170. The molecule has 51 N–H and O–H groups in total. The van der Waals surface area contributed by atoms with Crippen molar-refractivity contribution < 1.29 is 161 Å². The van der Waals surface area contributed by atoms with Crippen molar-refractivity contribution in [3.63, 3.8) is 0 Å². The fourth-order valence-electron chi connectivity index (χ4n) is 13.6. The quantitative estimate of drug-likeness (QED) is 0.0251. The van der Waals surface area contributed by atoms with Gasteiger partial charge in [0.1, 0.15) is 96.7 Å². The molecule has 61 heteroatoms. The number of rotatable bonds is 83. The van der Waals surface area contributed by atoms with Crippen molar-refractivity contribution in [2.24, 2.45) is 74.5 Å². The number of unbranched alkanes of at least 4 members (excludes halogenated alkanes) is 9. The van der Waals surface area contributed by atoms with Crippen molar-refractivity contribution in [3.8, 4) is 0 Å². The molecule has 0 radical (unpaired) electrons. The maximum atomic E-state index is 13.6. The highest BCUT2D eigenvalue weighted by atomic mass is 16.4. The van der Waals surface area contributed by atoms with Crippen molar-refractivity contribution >= 4 is 136 Å². The van der Waals surface area contributed by atoms with Crippen molar-refractivity contribution in [1.29, 1.82) is 0 Å². The van der Waals surface area contributed by atoms with Crippen LogP contribution in [0.15, 0.2) is 0 Å². The van der Waals surface area contributed by atoms with Crippen LogP contribution in [0.5, 0.6) is 0 Å². The molecule has 0 aliphatic rings. The molecule has 854 valence electrons. The SMILES string of the molecule is CC(NC(=O)C(N)CCCCN)C(=O)NC(CC(=O)O)C(=O)NC(CCCCN)C(=O)NC(CO)C(=O)NC(CCCCN)C(=O)O.CC(O)C(NC(=O)C(CCCCN)NC(=O)C(CCCCN)NC(=O)C(N)CO)C(=O)NC(CCCCN)C(=O)NC(CC(=O)O)C(=O)O.NCCCCC(N)C(=O)NC(CCC(=O)O)C(=O)NC(CCCCN)C(=O)NC(CC(N)=O)C(=O)NC(CCCCN)C(=O)NC(CC(=O)O)C(=O)O. The zero-order chi connectivity index (χ0) is 114. The Morgan fingerprint density at radius 1 is 0.215 bits per heavy atom. The average molecular weight is 2140 g/mol. The molecule has 0 aromatic heterocycles. The second kappa shape index (κ2) is 82.1. The summed E-state index contributed by atoms with van der Waals surface area (Å²) < 4.78 is 0. The predicted octanol–water partition coefficient (Wildman–Crippen LogP) is -13.8. The van der Waals surface area contributed by atoms with Crippen LogP contribution in [0.4, 0.5) is 0 Å². The summed E-state index contributed by atoms with van der Waals surface area (Å²) in [6.07, 6.45) is 2.50. The number of aliphatic carboxylic acids is 7. The van der Waals surface area contributed by atoms with Gasteiger partial charge in [0.15, 0.2) is 0 Å². The van der Waals surface area contributed by atoms with E-state index in [1.165, 1.54) is 13.8 Å². The zero-order valence-electron chi connectivity index (χ0n) is 84.4. The maximum absolute atomic E-state index is 13.6. The summed E-state index contributed by atoms with van der Waals surface area (Å²) in [4.78, 5) is 287. The molecule has 0 saturated heterocycles. The molecule has 0 aromatic rings. The lowest BCUT2D eigenvalue weighted by molar-refractivity contribution is -0.147. The Kier molecular flexibility index (Phi) is 77.3. The fraction of sp³-hybridized carbons (Fsp3) is 0.739. The first-order valence-corrected chi connectivity index (χ1v) is 49.2. The van der Waals surface area contributed by atoms with Gasteiger partial charge in [0, 0.05) is 6.42 Å². The van der Waals surface area contributed by atoms with Gasteiger partial charge in [-0.1, -0.05) is 12.8 Å². The molecule has 0 aliphatic heterocycles. The monoisotopic (exact) mass is 2140 g/mol. The number of carbonyl (C=O) groups excluding carboxylic acids is 16. The molecule has 0 aromatic carbocycles. The van der Waals surface area contributed by atoms with E-state index >= 15 is 0 Å². The van der Waals surface area contributed by atoms with Gasteiger partial charge in [-0.15, -0.1) is 0 Å². The van der Waals surface area contributed by atoms with E-state index in [2.05, 4.69) is 74.4 Å². The Balaban J connectivity index is -0.00000215. The number of aliphatic hydroxyl groups is 3. The standard InChI is InChI=1S/C31H56N10O12.C29H55N9O11.C28H53N9O10/c32-12-4-1-7-17(35)26(47)37-20(10-11-24(43)44)29(50)38-18(8-2-5-13-33)27(48)40-21(15-23(36)42)30(51)39-19(9-3-6-14-34)28(49)41-22(31(52)53)16-25(45)46;1-16(40)23(28(47)36-19(9-3-6-12-31)26(45)37-21(29(48)49)14-22(41)42)38-27(46)20(10-4-7-13-32)35-25(44)18(8-2-5-11-30)34-24(43)17(33)15-39;1-16(33-24(42)17(32)8-2-5-11-29)23(41)36-20(14-22(39)40)26(44)34-18(9-3-6-12-30)25(43)37-21(15-38)27(45)35-19(28(46)47)10-4-7-13-31/h17-22H,1-16,32-35H2,(H2,36,42)(H,37,47)(H,38,50)(H,39,51)(H,40,48)(H,41,49)(H,43,44)(H,45,46)(H,52,53);16-21,23,39-40H,2-15,30-33H2,1H3,(H,34,43)(H,35,44)(H,36,47)(H,37,45)(H,38,46)(H,41,42)(H,48,49);16-21,38H,2-15,29-32H2,1H3,(H,33,42)(H,34,44)(H,35,45)(H,36,41)(H,37,43)(H,39,40)(H,46,47). The Morgan fingerprint density at radius 3 is 0.705 bits per heavy atom. The summed E-state index contributed by atoms with van der Waals surface area (Å²) in [5, 5.41) is 129. The molecule has 0 saturated carbocycles. The summed E-state index contributed by atoms with van der Waals surface area (Å²) in [5.41, 5.74) is 72.3. The van der Waals surface area contributed by atoms with E-state index in [9.17, 15) is 151 Å². The zero-order valence-corrected chi connectivity index (χ0v) is 84.4. The topological polar surface area (TPSA) is 1110 Å². The van der Waals surface area contributed by atoms with Gasteiger partial charge >= 0.3 is 41.8 Å². The minimum atomic E-state index is -1.84. The van der Waals surface area contributed by atoms with Crippen LogP contribution in [-0.4, -0.2) is 374 Å². The maximum Gasteiger partial charge on any atom is 0.326 e. The number of carboxylic acid groups (broad SMARTS) is 7. The smallest absolute Gasteiger partial charge is 0.326 e. The number of hydrogen-bond donors (Lipinski definition) is 38. The van der Waals surface area contributed by atoms with Gasteiger partial charge in [-0.3, -0.25) is 95.9 Å². The number of amides is 16. The molecule has 0 heterocycles. The van der Waals surface area contributed by atoms with E-state index in [-0.39, 0.29) is 103 Å². The fourth-order valence-corrected chi connectivity index (χ4v) is 13.6. The third-order valence-corrected chi connectivity index (χ3v) is 22.1. The molecule has 16 amide bonds. The molecular weight excluding hydrogens is 1980 g/mol. The Labute approximate surface area is 861 Å². The van der Waals surface area contributed by atoms with Gasteiger partial charge in [0.2, 0.25) is 94.5 Å². The molecule has 0 spiro atoms. The molecule has 149 heavy (non-hydrogen) atoms. The lowest BCUT2D eigenvalue weighted by atomic mass is 10.0. The molecular formula is C88H164N28O33. The van der Waals surface area contributed by atoms with E-state index in [1.54, 1.807) is 0 Å². The minimum absolute atomic E-state index is 0.0202. The third-order valence-electron chi connectivity index (χ3n) is 22.1. The van der Waals surface area contributed by atoms with Crippen LogP contribution in [0.2, 0.25) is 0 Å². The first-order valence-electron chi connectivity index (χ1n) is 49.2. The summed E-state index contributed by atoms with van der Waals surface area (Å²) in [6, 6.07) is -25.5. The molecule has 0 fully saturated rings. The number of carbonyl (C=O) groups is 23. The van der Waals surface area contributed by atoms with Crippen LogP contribution >= 0.6 is 0 Å². The lowest BCUT2D eigenvalue weighted by Gasteiger charge is -2.28. The van der Waals surface area contributed by atoms with E-state index in [0.717, 1.165) is 0 Å². The predicted molar refractivity (Wildman–Crippen MR) is 531 cm³/mol. The number of nitrogens with one attached hydrogen (secondary N) is 15. The summed E-state index contributed by atoms with van der Waals surface area (Å²) >= 11 is 0. The van der Waals surface area contributed by atoms with Gasteiger partial charge < -0.3 is 205 Å². The number of primary amides is 1. The van der Waals surface area contributed by atoms with Crippen LogP contribution < -0.4 is 154 Å². The van der Waals surface area contributed by atoms with Crippen molar-refractivity contribution in [3.05, 3.63) is 0 Å². The van der Waals surface area contributed by atoms with Crippen LogP contribution in [0.1, 0.15) is 226 Å². The minimum Gasteiger partial charge on any atom is -0.481 e. The number of hydrogen-bond acceptors (Lipinski definition) is 38. The molecule has 19 atom stereocenters. The Hall–Kier alpha value is -12.8. The first kappa shape index (κ1) is 140. The van der Waals surface area contributed by atoms with Crippen molar-refractivity contribution in [2.45, 2.75) is 341 Å². The van der Waals surface area contributed by atoms with Crippen LogP contribution in [-0.2, 0) is 110 Å².